The number of carbonyl (C=O) groups excluding carboxylic acids is 1. The summed E-state index contributed by atoms with van der Waals surface area (Å²) in [6.45, 7) is 7.07. The van der Waals surface area contributed by atoms with Crippen LogP contribution in [0.2, 0.25) is 0 Å². The van der Waals surface area contributed by atoms with E-state index in [-0.39, 0.29) is 11.8 Å². The Morgan fingerprint density at radius 2 is 2.26 bits per heavy atom. The van der Waals surface area contributed by atoms with E-state index in [1.807, 2.05) is 17.9 Å². The van der Waals surface area contributed by atoms with Crippen molar-refractivity contribution in [2.24, 2.45) is 0 Å². The van der Waals surface area contributed by atoms with E-state index in [9.17, 15) is 4.79 Å². The number of hydrogen-bond donors (Lipinski definition) is 1. The smallest absolute Gasteiger partial charge is 0.219 e. The second-order valence-electron chi connectivity index (χ2n) is 5.68. The molecule has 7 nitrogen and oxygen atoms in total. The molecule has 1 amide bonds. The van der Waals surface area contributed by atoms with Crippen molar-refractivity contribution in [1.29, 1.82) is 0 Å². The summed E-state index contributed by atoms with van der Waals surface area (Å²) >= 11 is 1.53. The highest BCUT2D eigenvalue weighted by Gasteiger charge is 2.27. The second kappa shape index (κ2) is 6.57. The topological polar surface area (TPSA) is 83.9 Å². The maximum Gasteiger partial charge on any atom is 0.219 e. The van der Waals surface area contributed by atoms with Gasteiger partial charge in [-0.1, -0.05) is 18.3 Å². The molecule has 8 heteroatoms. The number of carbonyl (C=O) groups is 1. The fourth-order valence-electron chi connectivity index (χ4n) is 2.65. The minimum atomic E-state index is 0.111. The molecule has 0 radical (unpaired) electrons. The highest BCUT2D eigenvalue weighted by molar-refractivity contribution is 7.15. The molecule has 1 saturated heterocycles. The largest absolute Gasteiger partial charge is 0.342 e. The number of nitrogens with zero attached hydrogens (tertiary/aromatic N) is 5. The third-order valence-corrected chi connectivity index (χ3v) is 4.86. The lowest BCUT2D eigenvalue weighted by atomic mass is 10.1. The lowest BCUT2D eigenvalue weighted by molar-refractivity contribution is -0.127. The van der Waals surface area contributed by atoms with Gasteiger partial charge in [0.25, 0.3) is 0 Å². The molecule has 1 aliphatic rings. The summed E-state index contributed by atoms with van der Waals surface area (Å²) in [5.41, 5.74) is 0.902. The van der Waals surface area contributed by atoms with E-state index >= 15 is 0 Å². The van der Waals surface area contributed by atoms with Crippen LogP contribution in [0.1, 0.15) is 42.7 Å². The van der Waals surface area contributed by atoms with Gasteiger partial charge in [0.1, 0.15) is 16.6 Å². The van der Waals surface area contributed by atoms with Crippen LogP contribution in [0.15, 0.2) is 6.07 Å². The van der Waals surface area contributed by atoms with Crippen molar-refractivity contribution < 1.29 is 4.79 Å². The van der Waals surface area contributed by atoms with Crippen LogP contribution >= 0.6 is 11.3 Å². The molecule has 2 aromatic rings. The Kier molecular flexibility index (Phi) is 4.51. The van der Waals surface area contributed by atoms with Crippen LogP contribution in [-0.2, 0) is 11.2 Å². The Morgan fingerprint density at radius 3 is 2.91 bits per heavy atom. The zero-order chi connectivity index (χ0) is 16.4. The van der Waals surface area contributed by atoms with E-state index in [4.69, 9.17) is 0 Å². The number of amides is 1. The quantitative estimate of drug-likeness (QED) is 0.925. The van der Waals surface area contributed by atoms with Crippen molar-refractivity contribution in [1.82, 2.24) is 25.1 Å². The number of hydrogen-bond acceptors (Lipinski definition) is 7. The summed E-state index contributed by atoms with van der Waals surface area (Å²) in [5, 5.41) is 13.2. The molecule has 0 aliphatic carbocycles. The SMILES string of the molecule is CCc1nnc(Nc2cc(C)nc([C@@H]3CCN(C(C)=O)C3)n2)s1. The van der Waals surface area contributed by atoms with Gasteiger partial charge in [0.05, 0.1) is 0 Å². The number of aromatic nitrogens is 4. The van der Waals surface area contributed by atoms with Crippen LogP contribution < -0.4 is 5.32 Å². The lowest BCUT2D eigenvalue weighted by Crippen LogP contribution is -2.25. The van der Waals surface area contributed by atoms with Crippen LogP contribution in [0.4, 0.5) is 10.9 Å². The van der Waals surface area contributed by atoms with Crippen LogP contribution in [0.3, 0.4) is 0 Å². The van der Waals surface area contributed by atoms with E-state index in [1.54, 1.807) is 6.92 Å². The summed E-state index contributed by atoms with van der Waals surface area (Å²) in [5.74, 6) is 1.82. The summed E-state index contributed by atoms with van der Waals surface area (Å²) < 4.78 is 0. The molecule has 23 heavy (non-hydrogen) atoms. The number of nitrogens with one attached hydrogen (secondary N) is 1. The molecular formula is C15H20N6OS. The molecule has 2 aromatic heterocycles. The fraction of sp³-hybridized carbons (Fsp3) is 0.533. The predicted molar refractivity (Wildman–Crippen MR) is 89.0 cm³/mol. The van der Waals surface area contributed by atoms with E-state index < -0.39 is 0 Å². The summed E-state index contributed by atoms with van der Waals surface area (Å²) in [6, 6.07) is 1.90. The minimum Gasteiger partial charge on any atom is -0.342 e. The predicted octanol–water partition coefficient (Wildman–Crippen LogP) is 2.28. The molecule has 122 valence electrons. The van der Waals surface area contributed by atoms with Crippen LogP contribution in [0, 0.1) is 6.92 Å². The third kappa shape index (κ3) is 3.64. The Balaban J connectivity index is 1.78. The maximum atomic E-state index is 11.5. The minimum absolute atomic E-state index is 0.111. The molecule has 0 spiro atoms. The molecule has 3 heterocycles. The summed E-state index contributed by atoms with van der Waals surface area (Å²) in [7, 11) is 0. The Morgan fingerprint density at radius 1 is 1.43 bits per heavy atom. The van der Waals surface area contributed by atoms with Gasteiger partial charge in [-0.25, -0.2) is 9.97 Å². The van der Waals surface area contributed by atoms with E-state index in [2.05, 4.69) is 32.4 Å². The maximum absolute atomic E-state index is 11.5. The number of aryl methyl sites for hydroxylation is 2. The molecule has 1 atom stereocenters. The zero-order valence-electron chi connectivity index (χ0n) is 13.5. The number of anilines is 2. The lowest BCUT2D eigenvalue weighted by Gasteiger charge is -2.14. The molecule has 1 fully saturated rings. The first-order valence-electron chi connectivity index (χ1n) is 7.75. The van der Waals surface area contributed by atoms with Crippen molar-refractivity contribution in [3.8, 4) is 0 Å². The fourth-order valence-corrected chi connectivity index (χ4v) is 3.34. The summed E-state index contributed by atoms with van der Waals surface area (Å²) in [4.78, 5) is 22.5. The first kappa shape index (κ1) is 15.8. The third-order valence-electron chi connectivity index (χ3n) is 3.87. The molecule has 1 N–H and O–H groups in total. The molecule has 0 unspecified atom stereocenters. The molecule has 0 saturated carbocycles. The Hall–Kier alpha value is -2.09. The van der Waals surface area contributed by atoms with Crippen molar-refractivity contribution in [3.05, 3.63) is 22.6 Å². The molecule has 0 aromatic carbocycles. The van der Waals surface area contributed by atoms with Gasteiger partial charge in [-0.05, 0) is 19.8 Å². The van der Waals surface area contributed by atoms with Gasteiger partial charge in [-0.3, -0.25) is 4.79 Å². The second-order valence-corrected chi connectivity index (χ2v) is 6.74. The zero-order valence-corrected chi connectivity index (χ0v) is 14.4. The van der Waals surface area contributed by atoms with E-state index in [1.165, 1.54) is 11.3 Å². The van der Waals surface area contributed by atoms with Crippen LogP contribution in [0.25, 0.3) is 0 Å². The summed E-state index contributed by atoms with van der Waals surface area (Å²) in [6.07, 6.45) is 1.78. The Labute approximate surface area is 139 Å². The average Bonchev–Trinajstić information content (AvgIpc) is 3.15. The monoisotopic (exact) mass is 332 g/mol. The molecule has 3 rings (SSSR count). The average molecular weight is 332 g/mol. The van der Waals surface area contributed by atoms with Gasteiger partial charge in [0, 0.05) is 37.7 Å². The Bertz CT molecular complexity index is 716. The van der Waals surface area contributed by atoms with E-state index in [0.29, 0.717) is 6.54 Å². The molecule has 1 aliphatic heterocycles. The molecule has 0 bridgehead atoms. The number of rotatable bonds is 4. The highest BCUT2D eigenvalue weighted by Crippen LogP contribution is 2.27. The molecular weight excluding hydrogens is 312 g/mol. The van der Waals surface area contributed by atoms with Gasteiger partial charge in [-0.15, -0.1) is 10.2 Å². The van der Waals surface area contributed by atoms with Crippen LogP contribution in [0.5, 0.6) is 0 Å². The van der Waals surface area contributed by atoms with Crippen molar-refractivity contribution in [2.75, 3.05) is 18.4 Å². The van der Waals surface area contributed by atoms with E-state index in [0.717, 1.165) is 46.9 Å². The van der Waals surface area contributed by atoms with Gasteiger partial charge in [-0.2, -0.15) is 0 Å². The van der Waals surface area contributed by atoms with Crippen molar-refractivity contribution in [2.45, 2.75) is 39.5 Å². The van der Waals surface area contributed by atoms with Gasteiger partial charge >= 0.3 is 0 Å². The first-order chi connectivity index (χ1) is 11.0. The first-order valence-corrected chi connectivity index (χ1v) is 8.57. The van der Waals surface area contributed by atoms with Crippen molar-refractivity contribution >= 4 is 28.2 Å². The van der Waals surface area contributed by atoms with Gasteiger partial charge < -0.3 is 10.2 Å². The highest BCUT2D eigenvalue weighted by atomic mass is 32.1. The van der Waals surface area contributed by atoms with Crippen LogP contribution in [-0.4, -0.2) is 44.1 Å². The van der Waals surface area contributed by atoms with Crippen molar-refractivity contribution in [3.63, 3.8) is 0 Å². The van der Waals surface area contributed by atoms with Gasteiger partial charge in [0.2, 0.25) is 11.0 Å². The normalized spacial score (nSPS) is 17.5. The standard InChI is InChI=1S/C15H20N6OS/c1-4-13-19-20-15(23-13)18-12-7-9(2)16-14(17-12)11-5-6-21(8-11)10(3)22/h7,11H,4-6,8H2,1-3H3,(H,16,17,18,20)/t11-/m1/s1. The van der Waals surface area contributed by atoms with Gasteiger partial charge in [0.15, 0.2) is 0 Å². The number of likely N-dealkylation sites (tertiary alicyclic amines) is 1.